The van der Waals surface area contributed by atoms with E-state index in [4.69, 9.17) is 5.73 Å². The van der Waals surface area contributed by atoms with Gasteiger partial charge in [0.1, 0.15) is 0 Å². The van der Waals surface area contributed by atoms with Gasteiger partial charge in [0, 0.05) is 28.7 Å². The van der Waals surface area contributed by atoms with Crippen molar-refractivity contribution >= 4 is 10.9 Å². The highest BCUT2D eigenvalue weighted by Gasteiger charge is 2.16. The van der Waals surface area contributed by atoms with Crippen LogP contribution < -0.4 is 5.73 Å². The lowest BCUT2D eigenvalue weighted by Gasteiger charge is -2.08. The zero-order valence-electron chi connectivity index (χ0n) is 9.75. The second-order valence-electron chi connectivity index (χ2n) is 4.11. The molecule has 2 rings (SSSR count). The van der Waals surface area contributed by atoms with E-state index in [1.807, 2.05) is 19.1 Å². The zero-order chi connectivity index (χ0) is 11.7. The molecular formula is C13H18N2O. The summed E-state index contributed by atoms with van der Waals surface area (Å²) in [6, 6.07) is 6.17. The van der Waals surface area contributed by atoms with E-state index in [9.17, 15) is 5.11 Å². The molecule has 1 heterocycles. The molecule has 0 bridgehead atoms. The van der Waals surface area contributed by atoms with Crippen LogP contribution in [0, 0.1) is 6.92 Å². The summed E-state index contributed by atoms with van der Waals surface area (Å²) < 4.78 is 0. The Hall–Kier alpha value is -1.32. The Morgan fingerprint density at radius 1 is 1.44 bits per heavy atom. The molecular weight excluding hydrogens is 200 g/mol. The molecule has 0 amide bonds. The Balaban J connectivity index is 2.71. The molecule has 16 heavy (non-hydrogen) atoms. The van der Waals surface area contributed by atoms with Crippen LogP contribution in [0.3, 0.4) is 0 Å². The molecule has 1 unspecified atom stereocenters. The maximum absolute atomic E-state index is 9.92. The van der Waals surface area contributed by atoms with Gasteiger partial charge in [-0.3, -0.25) is 0 Å². The van der Waals surface area contributed by atoms with E-state index in [1.54, 1.807) is 0 Å². The summed E-state index contributed by atoms with van der Waals surface area (Å²) in [5, 5.41) is 11.0. The molecule has 0 fully saturated rings. The van der Waals surface area contributed by atoms with Gasteiger partial charge in [0.05, 0.1) is 6.10 Å². The molecule has 0 aliphatic rings. The molecule has 2 aromatic rings. The number of fused-ring (bicyclic) bond motifs is 1. The molecule has 0 aliphatic carbocycles. The highest BCUT2D eigenvalue weighted by Crippen LogP contribution is 2.29. The number of para-hydroxylation sites is 1. The topological polar surface area (TPSA) is 62.0 Å². The van der Waals surface area contributed by atoms with E-state index in [2.05, 4.69) is 18.0 Å². The van der Waals surface area contributed by atoms with Crippen LogP contribution in [-0.4, -0.2) is 16.6 Å². The standard InChI is InChI=1S/C13H18N2O/c1-3-9-5-4-6-10-12(11(16)7-14)8(2)15-13(9)10/h4-6,11,15-16H,3,7,14H2,1-2H3. The Morgan fingerprint density at radius 3 is 2.81 bits per heavy atom. The Kier molecular flexibility index (Phi) is 2.99. The summed E-state index contributed by atoms with van der Waals surface area (Å²) >= 11 is 0. The first-order valence-electron chi connectivity index (χ1n) is 5.67. The first-order valence-corrected chi connectivity index (χ1v) is 5.67. The minimum atomic E-state index is -0.583. The normalized spacial score (nSPS) is 13.2. The quantitative estimate of drug-likeness (QED) is 0.738. The molecule has 1 aromatic carbocycles. The number of hydrogen-bond donors (Lipinski definition) is 3. The van der Waals surface area contributed by atoms with Crippen molar-refractivity contribution in [2.24, 2.45) is 5.73 Å². The number of rotatable bonds is 3. The summed E-state index contributed by atoms with van der Waals surface area (Å²) in [6.45, 7) is 4.36. The summed E-state index contributed by atoms with van der Waals surface area (Å²) in [7, 11) is 0. The van der Waals surface area contributed by atoms with Crippen molar-refractivity contribution in [2.75, 3.05) is 6.54 Å². The molecule has 86 valence electrons. The first kappa shape index (κ1) is 11.2. The fourth-order valence-corrected chi connectivity index (χ4v) is 2.27. The third-order valence-corrected chi connectivity index (χ3v) is 3.09. The van der Waals surface area contributed by atoms with E-state index in [0.29, 0.717) is 0 Å². The molecule has 0 saturated heterocycles. The number of hydrogen-bond acceptors (Lipinski definition) is 2. The van der Waals surface area contributed by atoms with E-state index in [0.717, 1.165) is 28.6 Å². The van der Waals surface area contributed by atoms with Gasteiger partial charge in [-0.25, -0.2) is 0 Å². The Bertz CT molecular complexity index is 502. The van der Waals surface area contributed by atoms with Gasteiger partial charge in [0.2, 0.25) is 0 Å². The fourth-order valence-electron chi connectivity index (χ4n) is 2.27. The Morgan fingerprint density at radius 2 is 2.19 bits per heavy atom. The van der Waals surface area contributed by atoms with Crippen molar-refractivity contribution in [2.45, 2.75) is 26.4 Å². The van der Waals surface area contributed by atoms with E-state index < -0.39 is 6.10 Å². The lowest BCUT2D eigenvalue weighted by atomic mass is 10.0. The van der Waals surface area contributed by atoms with Gasteiger partial charge in [-0.1, -0.05) is 25.1 Å². The Labute approximate surface area is 95.3 Å². The zero-order valence-corrected chi connectivity index (χ0v) is 9.75. The number of nitrogens with two attached hydrogens (primary N) is 1. The number of aliphatic hydroxyl groups is 1. The van der Waals surface area contributed by atoms with Gasteiger partial charge in [-0.15, -0.1) is 0 Å². The third-order valence-electron chi connectivity index (χ3n) is 3.09. The van der Waals surface area contributed by atoms with Gasteiger partial charge in [-0.05, 0) is 18.9 Å². The highest BCUT2D eigenvalue weighted by molar-refractivity contribution is 5.87. The number of H-pyrrole nitrogens is 1. The molecule has 3 nitrogen and oxygen atoms in total. The molecule has 0 aliphatic heterocycles. The van der Waals surface area contributed by atoms with Crippen LogP contribution in [0.5, 0.6) is 0 Å². The van der Waals surface area contributed by atoms with Gasteiger partial charge < -0.3 is 15.8 Å². The number of aliphatic hydroxyl groups excluding tert-OH is 1. The van der Waals surface area contributed by atoms with Crippen LogP contribution in [0.1, 0.15) is 29.8 Å². The van der Waals surface area contributed by atoms with Crippen LogP contribution in [0.15, 0.2) is 18.2 Å². The van der Waals surface area contributed by atoms with Gasteiger partial charge in [-0.2, -0.15) is 0 Å². The maximum atomic E-state index is 9.92. The van der Waals surface area contributed by atoms with Crippen LogP contribution in [0.4, 0.5) is 0 Å². The minimum Gasteiger partial charge on any atom is -0.387 e. The second kappa shape index (κ2) is 4.28. The predicted molar refractivity (Wildman–Crippen MR) is 66.4 cm³/mol. The third kappa shape index (κ3) is 1.62. The lowest BCUT2D eigenvalue weighted by Crippen LogP contribution is -2.12. The minimum absolute atomic E-state index is 0.254. The van der Waals surface area contributed by atoms with Gasteiger partial charge >= 0.3 is 0 Å². The number of benzene rings is 1. The molecule has 0 saturated carbocycles. The highest BCUT2D eigenvalue weighted by atomic mass is 16.3. The smallest absolute Gasteiger partial charge is 0.0935 e. The number of aryl methyl sites for hydroxylation is 2. The van der Waals surface area contributed by atoms with Crippen molar-refractivity contribution in [3.8, 4) is 0 Å². The monoisotopic (exact) mass is 218 g/mol. The molecule has 0 radical (unpaired) electrons. The predicted octanol–water partition coefficient (Wildman–Crippen LogP) is 2.03. The summed E-state index contributed by atoms with van der Waals surface area (Å²) in [6.07, 6.45) is 0.399. The molecule has 0 spiro atoms. The fraction of sp³-hybridized carbons (Fsp3) is 0.385. The summed E-state index contributed by atoms with van der Waals surface area (Å²) in [5.41, 5.74) is 9.88. The average molecular weight is 218 g/mol. The van der Waals surface area contributed by atoms with E-state index in [1.165, 1.54) is 5.56 Å². The summed E-state index contributed by atoms with van der Waals surface area (Å²) in [5.74, 6) is 0. The molecule has 4 N–H and O–H groups in total. The number of aromatic amines is 1. The molecule has 1 atom stereocenters. The molecule has 1 aromatic heterocycles. The lowest BCUT2D eigenvalue weighted by molar-refractivity contribution is 0.187. The second-order valence-corrected chi connectivity index (χ2v) is 4.11. The van der Waals surface area contributed by atoms with Crippen molar-refractivity contribution < 1.29 is 5.11 Å². The maximum Gasteiger partial charge on any atom is 0.0935 e. The van der Waals surface area contributed by atoms with Crippen molar-refractivity contribution in [3.05, 3.63) is 35.0 Å². The first-order chi connectivity index (χ1) is 7.69. The number of nitrogens with one attached hydrogen (secondary N) is 1. The van der Waals surface area contributed by atoms with Crippen LogP contribution >= 0.6 is 0 Å². The largest absolute Gasteiger partial charge is 0.387 e. The van der Waals surface area contributed by atoms with E-state index in [-0.39, 0.29) is 6.54 Å². The van der Waals surface area contributed by atoms with Crippen LogP contribution in [-0.2, 0) is 6.42 Å². The van der Waals surface area contributed by atoms with Gasteiger partial charge in [0.15, 0.2) is 0 Å². The average Bonchev–Trinajstić information content (AvgIpc) is 2.63. The SMILES string of the molecule is CCc1cccc2c(C(O)CN)c(C)[nH]c12. The summed E-state index contributed by atoms with van der Waals surface area (Å²) in [4.78, 5) is 3.35. The van der Waals surface area contributed by atoms with Crippen molar-refractivity contribution in [1.82, 2.24) is 4.98 Å². The van der Waals surface area contributed by atoms with Crippen LogP contribution in [0.2, 0.25) is 0 Å². The van der Waals surface area contributed by atoms with Gasteiger partial charge in [0.25, 0.3) is 0 Å². The van der Waals surface area contributed by atoms with Crippen molar-refractivity contribution in [3.63, 3.8) is 0 Å². The number of aromatic nitrogens is 1. The van der Waals surface area contributed by atoms with Crippen LogP contribution in [0.25, 0.3) is 10.9 Å². The van der Waals surface area contributed by atoms with Crippen molar-refractivity contribution in [1.29, 1.82) is 0 Å². The molecule has 3 heteroatoms. The van der Waals surface area contributed by atoms with E-state index >= 15 is 0 Å².